The highest BCUT2D eigenvalue weighted by molar-refractivity contribution is 4.25. The lowest BCUT2D eigenvalue weighted by atomic mass is 10.3. The molecule has 48 heavy (non-hydrogen) atoms. The van der Waals surface area contributed by atoms with Crippen LogP contribution in [0, 0.1) is 0 Å². The number of hydrogen-bond acceptors (Lipinski definition) is 0. The molecule has 0 heteroatoms. The van der Waals surface area contributed by atoms with Gasteiger partial charge < -0.3 is 0 Å². The van der Waals surface area contributed by atoms with E-state index >= 15 is 0 Å². The Kier molecular flexibility index (Phi) is 18800. The molecule has 0 radical (unpaired) electrons. The van der Waals surface area contributed by atoms with Crippen LogP contribution in [-0.4, -0.2) is 0 Å². The summed E-state index contributed by atoms with van der Waals surface area (Å²) in [5.74, 6) is 0. The minimum Gasteiger partial charge on any atom is -0.0776 e. The molecule has 0 atom stereocenters. The van der Waals surface area contributed by atoms with Crippen molar-refractivity contribution in [2.45, 2.75) is 344 Å². The second-order valence-electron chi connectivity index (χ2n) is 4.06. The van der Waals surface area contributed by atoms with E-state index < -0.39 is 0 Å². The molecule has 0 aliphatic rings. The van der Waals surface area contributed by atoms with Crippen molar-refractivity contribution in [1.29, 1.82) is 0 Å². The van der Waals surface area contributed by atoms with Crippen molar-refractivity contribution >= 4 is 0 Å². The highest BCUT2D eigenvalue weighted by atomic mass is 13.8. The molecule has 0 amide bonds. The molecule has 0 aromatic heterocycles. The SMILES string of the molecule is C.C.C.C.C.C.C.C.C.C.C.C.C.C.C.C.C.C.C.C.C.C.C.C.C.C.C.C.C.C.C.C.C.CCCCC.CCCCC.CCCCC. The molecular weight excluding hydrogens is 577 g/mol. The smallest absolute Gasteiger partial charge is 0.0538 e. The first-order valence-corrected chi connectivity index (χ1v) is 7.24. The first-order valence-electron chi connectivity index (χ1n) is 7.24. The normalized spacial score (nSPS) is 2.62. The van der Waals surface area contributed by atoms with Crippen molar-refractivity contribution in [2.75, 3.05) is 0 Å². The first-order chi connectivity index (χ1) is 7.24. The molecule has 0 saturated carbocycles. The molecule has 0 heterocycles. The number of rotatable bonds is 6. The van der Waals surface area contributed by atoms with Gasteiger partial charge in [0, 0.05) is 0 Å². The lowest BCUT2D eigenvalue weighted by molar-refractivity contribution is 0.772. The predicted molar refractivity (Wildman–Crippen MR) is 298 cm³/mol. The molecule has 0 aliphatic heterocycles. The van der Waals surface area contributed by atoms with E-state index in [9.17, 15) is 0 Å². The molecule has 0 fully saturated rings. The number of unbranched alkanes of at least 4 members (excludes halogenated alkanes) is 6. The van der Waals surface area contributed by atoms with Gasteiger partial charge in [-0.05, 0) is 0 Å². The second kappa shape index (κ2) is 1230. The van der Waals surface area contributed by atoms with E-state index in [-0.39, 0.29) is 245 Å². The van der Waals surface area contributed by atoms with Crippen LogP contribution in [0.5, 0.6) is 0 Å². The van der Waals surface area contributed by atoms with Gasteiger partial charge in [0.2, 0.25) is 0 Å². The summed E-state index contributed by atoms with van der Waals surface area (Å²) >= 11 is 0. The first kappa shape index (κ1) is 736. The number of hydrogen-bond donors (Lipinski definition) is 0. The Morgan fingerprint density at radius 1 is 0.125 bits per heavy atom. The van der Waals surface area contributed by atoms with E-state index in [2.05, 4.69) is 41.5 Å². The molecule has 0 saturated heterocycles. The third kappa shape index (κ3) is 2590. The standard InChI is InChI=1S/3C5H12.33CH4/c3*1-3-5-4-2;;;;;;;;;;;;;;;;;;;;;;;;;;;;;;;;;/h3*3-5H2,1-2H3;33*1H4. The van der Waals surface area contributed by atoms with E-state index in [1.165, 1.54) is 57.8 Å². The zero-order valence-corrected chi connectivity index (χ0v) is 12.4. The highest BCUT2D eigenvalue weighted by Crippen LogP contribution is 1.89. The summed E-state index contributed by atoms with van der Waals surface area (Å²) in [6, 6.07) is 0. The molecule has 0 aliphatic carbocycles. The Morgan fingerprint density at radius 3 is 0.167 bits per heavy atom. The fraction of sp³-hybridized carbons (Fsp3) is 1.00. The molecule has 0 unspecified atom stereocenters. The minimum atomic E-state index is 0. The monoisotopic (exact) mass is 745 g/mol. The van der Waals surface area contributed by atoms with Gasteiger partial charge in [0.25, 0.3) is 0 Å². The van der Waals surface area contributed by atoms with Crippen LogP contribution in [0.15, 0.2) is 0 Å². The van der Waals surface area contributed by atoms with Gasteiger partial charge in [0.1, 0.15) is 0 Å². The Labute approximate surface area is 343 Å². The molecule has 360 valence electrons. The van der Waals surface area contributed by atoms with E-state index in [0.29, 0.717) is 0 Å². The zero-order valence-electron chi connectivity index (χ0n) is 12.4. The zero-order chi connectivity index (χ0) is 12.4. The van der Waals surface area contributed by atoms with Crippen molar-refractivity contribution < 1.29 is 0 Å². The molecular formula is C48H168. The van der Waals surface area contributed by atoms with Gasteiger partial charge in [0.05, 0.1) is 0 Å². The van der Waals surface area contributed by atoms with Gasteiger partial charge in [-0.1, -0.05) is 344 Å². The van der Waals surface area contributed by atoms with E-state index in [4.69, 9.17) is 0 Å². The van der Waals surface area contributed by atoms with Gasteiger partial charge in [-0.25, -0.2) is 0 Å². The summed E-state index contributed by atoms with van der Waals surface area (Å²) in [5, 5.41) is 0. The maximum atomic E-state index is 2.21. The summed E-state index contributed by atoms with van der Waals surface area (Å²) in [7, 11) is 0. The third-order valence-electron chi connectivity index (χ3n) is 2.12. The summed E-state index contributed by atoms with van der Waals surface area (Å²) in [6.45, 7) is 13.3. The average molecular weight is 746 g/mol. The van der Waals surface area contributed by atoms with Crippen LogP contribution in [0.3, 0.4) is 0 Å². The lowest BCUT2D eigenvalue weighted by Gasteiger charge is -1.79. The average Bonchev–Trinajstić information content (AvgIpc) is 2.23. The van der Waals surface area contributed by atoms with Crippen LogP contribution in [0.25, 0.3) is 0 Å². The van der Waals surface area contributed by atoms with Gasteiger partial charge in [-0.2, -0.15) is 0 Å². The van der Waals surface area contributed by atoms with Gasteiger partial charge >= 0.3 is 0 Å². The Morgan fingerprint density at radius 2 is 0.167 bits per heavy atom. The summed E-state index contributed by atoms with van der Waals surface area (Å²) < 4.78 is 0. The van der Waals surface area contributed by atoms with Crippen molar-refractivity contribution in [1.82, 2.24) is 0 Å². The van der Waals surface area contributed by atoms with Gasteiger partial charge in [-0.15, -0.1) is 0 Å². The Hall–Kier alpha value is 0. The van der Waals surface area contributed by atoms with Crippen molar-refractivity contribution in [3.05, 3.63) is 0 Å². The third-order valence-corrected chi connectivity index (χ3v) is 2.12. The Balaban J connectivity index is -0.000000000985. The summed E-state index contributed by atoms with van der Waals surface area (Å²) in [6.07, 6.45) is 12.2. The predicted octanol–water partition coefficient (Wildman–Crippen LogP) is 27.6. The molecule has 0 spiro atoms. The van der Waals surface area contributed by atoms with Crippen LogP contribution >= 0.6 is 0 Å². The van der Waals surface area contributed by atoms with E-state index in [1.54, 1.807) is 0 Å². The van der Waals surface area contributed by atoms with Crippen molar-refractivity contribution in [3.63, 3.8) is 0 Å². The highest BCUT2D eigenvalue weighted by Gasteiger charge is 1.69. The molecule has 0 rings (SSSR count). The summed E-state index contributed by atoms with van der Waals surface area (Å²) in [4.78, 5) is 0. The second-order valence-corrected chi connectivity index (χ2v) is 4.06. The van der Waals surface area contributed by atoms with Crippen LogP contribution < -0.4 is 0 Å². The van der Waals surface area contributed by atoms with Crippen molar-refractivity contribution in [3.8, 4) is 0 Å². The largest absolute Gasteiger partial charge is 0.0776 e. The van der Waals surface area contributed by atoms with Crippen LogP contribution in [0.2, 0.25) is 0 Å². The lowest BCUT2D eigenvalue weighted by Crippen LogP contribution is -1.59. The summed E-state index contributed by atoms with van der Waals surface area (Å²) in [5.41, 5.74) is 0. The van der Waals surface area contributed by atoms with Gasteiger partial charge in [-0.3, -0.25) is 0 Å². The fourth-order valence-corrected chi connectivity index (χ4v) is 1.06. The topological polar surface area (TPSA) is 0 Å². The fourth-order valence-electron chi connectivity index (χ4n) is 1.06. The van der Waals surface area contributed by atoms with Crippen LogP contribution in [0.1, 0.15) is 344 Å². The molecule has 0 bridgehead atoms. The minimum absolute atomic E-state index is 0. The van der Waals surface area contributed by atoms with Gasteiger partial charge in [0.15, 0.2) is 0 Å². The molecule has 0 aromatic carbocycles. The molecule has 0 N–H and O–H groups in total. The van der Waals surface area contributed by atoms with Crippen LogP contribution in [-0.2, 0) is 0 Å². The van der Waals surface area contributed by atoms with E-state index in [1.807, 2.05) is 0 Å². The van der Waals surface area contributed by atoms with E-state index in [0.717, 1.165) is 0 Å². The Bertz CT molecular complexity index is 36.8. The maximum absolute atomic E-state index is 2.21. The quantitative estimate of drug-likeness (QED) is 0.254. The van der Waals surface area contributed by atoms with Crippen LogP contribution in [0.4, 0.5) is 0 Å². The van der Waals surface area contributed by atoms with Crippen molar-refractivity contribution in [2.24, 2.45) is 0 Å². The maximum Gasteiger partial charge on any atom is -0.0538 e. The molecule has 0 aromatic rings. The molecule has 0 nitrogen and oxygen atoms in total.